The highest BCUT2D eigenvalue weighted by atomic mass is 15.0. The van der Waals surface area contributed by atoms with Crippen LogP contribution in [0.25, 0.3) is 99.2 Å². The van der Waals surface area contributed by atoms with Gasteiger partial charge in [0.1, 0.15) is 0 Å². The van der Waals surface area contributed by atoms with Crippen LogP contribution in [0.1, 0.15) is 0 Å². The van der Waals surface area contributed by atoms with E-state index in [1.165, 1.54) is 48.7 Å². The van der Waals surface area contributed by atoms with Crippen molar-refractivity contribution in [2.75, 3.05) is 0 Å². The van der Waals surface area contributed by atoms with Crippen molar-refractivity contribution in [1.82, 2.24) is 15.0 Å². The Balaban J connectivity index is 1.08. The Kier molecular flexibility index (Phi) is 6.49. The predicted octanol–water partition coefficient (Wildman–Crippen LogP) is 12.3. The molecular formula is C47H29N3. The van der Waals surface area contributed by atoms with Crippen molar-refractivity contribution in [3.05, 3.63) is 176 Å². The van der Waals surface area contributed by atoms with Gasteiger partial charge < -0.3 is 0 Å². The summed E-state index contributed by atoms with van der Waals surface area (Å²) in [6.07, 6.45) is 0. The Morgan fingerprint density at radius 3 is 1.24 bits per heavy atom. The van der Waals surface area contributed by atoms with Crippen LogP contribution in [0.15, 0.2) is 176 Å². The summed E-state index contributed by atoms with van der Waals surface area (Å²) in [6, 6.07) is 62.5. The summed E-state index contributed by atoms with van der Waals surface area (Å²) >= 11 is 0. The number of hydrogen-bond acceptors (Lipinski definition) is 3. The molecule has 0 atom stereocenters. The second-order valence-corrected chi connectivity index (χ2v) is 12.9. The first-order valence-corrected chi connectivity index (χ1v) is 16.9. The summed E-state index contributed by atoms with van der Waals surface area (Å²) in [5, 5.41) is 12.3. The molecule has 50 heavy (non-hydrogen) atoms. The smallest absolute Gasteiger partial charge is 0.164 e. The minimum Gasteiger partial charge on any atom is -0.208 e. The van der Waals surface area contributed by atoms with Gasteiger partial charge in [-0.2, -0.15) is 0 Å². The van der Waals surface area contributed by atoms with Crippen LogP contribution < -0.4 is 0 Å². The fourth-order valence-electron chi connectivity index (χ4n) is 7.23. The minimum absolute atomic E-state index is 0.647. The lowest BCUT2D eigenvalue weighted by molar-refractivity contribution is 1.08. The molecule has 0 aliphatic carbocycles. The summed E-state index contributed by atoms with van der Waals surface area (Å²) in [5.74, 6) is 1.96. The van der Waals surface area contributed by atoms with E-state index < -0.39 is 0 Å². The second-order valence-electron chi connectivity index (χ2n) is 12.9. The first-order chi connectivity index (χ1) is 24.7. The number of benzene rings is 9. The molecule has 0 N–H and O–H groups in total. The van der Waals surface area contributed by atoms with Crippen molar-refractivity contribution in [2.24, 2.45) is 0 Å². The molecule has 0 unspecified atom stereocenters. The average molecular weight is 636 g/mol. The van der Waals surface area contributed by atoms with E-state index in [-0.39, 0.29) is 0 Å². The number of aromatic nitrogens is 3. The highest BCUT2D eigenvalue weighted by Crippen LogP contribution is 2.35. The second kappa shape index (κ2) is 11.5. The van der Waals surface area contributed by atoms with Gasteiger partial charge in [0.05, 0.1) is 0 Å². The van der Waals surface area contributed by atoms with Gasteiger partial charge in [-0.1, -0.05) is 158 Å². The van der Waals surface area contributed by atoms with Gasteiger partial charge >= 0.3 is 0 Å². The number of rotatable bonds is 4. The molecule has 1 heterocycles. The van der Waals surface area contributed by atoms with Gasteiger partial charge in [0.25, 0.3) is 0 Å². The van der Waals surface area contributed by atoms with Crippen LogP contribution >= 0.6 is 0 Å². The highest BCUT2D eigenvalue weighted by molar-refractivity contribution is 6.17. The van der Waals surface area contributed by atoms with E-state index >= 15 is 0 Å². The maximum Gasteiger partial charge on any atom is 0.164 e. The Morgan fingerprint density at radius 2 is 0.620 bits per heavy atom. The Labute approximate surface area is 289 Å². The molecule has 0 aliphatic heterocycles. The third-order valence-corrected chi connectivity index (χ3v) is 9.87. The molecule has 3 nitrogen and oxygen atoms in total. The molecule has 0 fully saturated rings. The third kappa shape index (κ3) is 4.87. The molecule has 0 bridgehead atoms. The van der Waals surface area contributed by atoms with Crippen molar-refractivity contribution in [3.63, 3.8) is 0 Å². The molecule has 1 aromatic heterocycles. The first kappa shape index (κ1) is 28.3. The van der Waals surface area contributed by atoms with Crippen molar-refractivity contribution in [2.45, 2.75) is 0 Å². The van der Waals surface area contributed by atoms with E-state index in [1.54, 1.807) is 0 Å². The van der Waals surface area contributed by atoms with E-state index in [2.05, 4.69) is 176 Å². The monoisotopic (exact) mass is 635 g/mol. The van der Waals surface area contributed by atoms with Gasteiger partial charge in [0.2, 0.25) is 0 Å². The number of nitrogens with zero attached hydrogens (tertiary/aromatic N) is 3. The van der Waals surface area contributed by atoms with Crippen LogP contribution in [0.5, 0.6) is 0 Å². The third-order valence-electron chi connectivity index (χ3n) is 9.87. The van der Waals surface area contributed by atoms with Crippen molar-refractivity contribution in [1.29, 1.82) is 0 Å². The summed E-state index contributed by atoms with van der Waals surface area (Å²) < 4.78 is 0. The predicted molar refractivity (Wildman–Crippen MR) is 209 cm³/mol. The van der Waals surface area contributed by atoms with Gasteiger partial charge in [0.15, 0.2) is 17.5 Å². The average Bonchev–Trinajstić information content (AvgIpc) is 3.20. The zero-order chi connectivity index (χ0) is 33.0. The van der Waals surface area contributed by atoms with E-state index in [4.69, 9.17) is 15.0 Å². The van der Waals surface area contributed by atoms with E-state index in [9.17, 15) is 0 Å². The van der Waals surface area contributed by atoms with Crippen LogP contribution in [0.4, 0.5) is 0 Å². The summed E-state index contributed by atoms with van der Waals surface area (Å²) in [7, 11) is 0. The highest BCUT2D eigenvalue weighted by Gasteiger charge is 2.14. The molecule has 232 valence electrons. The van der Waals surface area contributed by atoms with Crippen LogP contribution in [0.2, 0.25) is 0 Å². The van der Waals surface area contributed by atoms with Gasteiger partial charge in [-0.15, -0.1) is 0 Å². The molecule has 10 rings (SSSR count). The first-order valence-electron chi connectivity index (χ1n) is 16.9. The van der Waals surface area contributed by atoms with Crippen molar-refractivity contribution in [3.8, 4) is 45.3 Å². The van der Waals surface area contributed by atoms with Crippen LogP contribution in [0.3, 0.4) is 0 Å². The molecule has 0 saturated carbocycles. The molecule has 10 aromatic rings. The molecule has 3 heteroatoms. The van der Waals surface area contributed by atoms with Gasteiger partial charge in [-0.3, -0.25) is 0 Å². The fraction of sp³-hybridized carbons (Fsp3) is 0. The van der Waals surface area contributed by atoms with Crippen molar-refractivity contribution < 1.29 is 0 Å². The maximum atomic E-state index is 5.05. The molecule has 0 radical (unpaired) electrons. The van der Waals surface area contributed by atoms with E-state index in [0.29, 0.717) is 17.5 Å². The lowest BCUT2D eigenvalue weighted by atomic mass is 9.94. The SMILES string of the molecule is c1ccc2cc(-c3nc(-c4ccc(-c5ccc6ccc7c8ccccc8ccc7c6c5)cc4)nc(-c4ccc5ccccc5c4)n3)ccc2c1. The van der Waals surface area contributed by atoms with Crippen LogP contribution in [0, 0.1) is 0 Å². The van der Waals surface area contributed by atoms with E-state index in [1.807, 2.05) is 0 Å². The molecule has 0 aliphatic rings. The fourth-order valence-corrected chi connectivity index (χ4v) is 7.23. The van der Waals surface area contributed by atoms with E-state index in [0.717, 1.165) is 33.0 Å². The zero-order valence-electron chi connectivity index (χ0n) is 27.1. The lowest BCUT2D eigenvalue weighted by Crippen LogP contribution is -2.00. The molecule has 0 saturated heterocycles. The Morgan fingerprint density at radius 1 is 0.220 bits per heavy atom. The minimum atomic E-state index is 0.647. The zero-order valence-corrected chi connectivity index (χ0v) is 27.1. The largest absolute Gasteiger partial charge is 0.208 e. The lowest BCUT2D eigenvalue weighted by Gasteiger charge is -2.11. The maximum absolute atomic E-state index is 5.05. The molecule has 0 spiro atoms. The number of hydrogen-bond donors (Lipinski definition) is 0. The van der Waals surface area contributed by atoms with Gasteiger partial charge in [-0.25, -0.2) is 15.0 Å². The topological polar surface area (TPSA) is 38.7 Å². The van der Waals surface area contributed by atoms with Gasteiger partial charge in [0, 0.05) is 16.7 Å². The normalized spacial score (nSPS) is 11.6. The quantitative estimate of drug-likeness (QED) is 0.181. The summed E-state index contributed by atoms with van der Waals surface area (Å²) in [6.45, 7) is 0. The molecule has 9 aromatic carbocycles. The Hall–Kier alpha value is -6.71. The summed E-state index contributed by atoms with van der Waals surface area (Å²) in [4.78, 5) is 15.1. The number of fused-ring (bicyclic) bond motifs is 7. The standard InChI is InChI=1S/C47H29N3/c1-3-10-36-27-39(21-15-30(36)7-1)46-48-45(49-47(50-46)40-22-16-31-8-2-4-11-37(31)28-40)35-18-13-32(14-19-35)38-20-17-34-24-25-42-41-12-6-5-9-33(41)23-26-43(42)44(34)29-38/h1-29H. The van der Waals surface area contributed by atoms with Crippen LogP contribution in [-0.2, 0) is 0 Å². The Bertz CT molecular complexity index is 2830. The summed E-state index contributed by atoms with van der Waals surface area (Å²) in [5.41, 5.74) is 5.18. The van der Waals surface area contributed by atoms with Crippen LogP contribution in [-0.4, -0.2) is 15.0 Å². The van der Waals surface area contributed by atoms with Gasteiger partial charge in [-0.05, 0) is 83.2 Å². The van der Waals surface area contributed by atoms with Crippen molar-refractivity contribution >= 4 is 53.9 Å². The molecular weight excluding hydrogens is 607 g/mol. The molecule has 0 amide bonds.